The molecule has 1 aliphatic heterocycles. The van der Waals surface area contributed by atoms with E-state index in [1.54, 1.807) is 48.0 Å². The van der Waals surface area contributed by atoms with Gasteiger partial charge in [0.15, 0.2) is 6.29 Å². The number of urea groups is 1. The lowest BCUT2D eigenvalue weighted by Gasteiger charge is -2.41. The van der Waals surface area contributed by atoms with Gasteiger partial charge in [-0.3, -0.25) is 4.79 Å². The van der Waals surface area contributed by atoms with Gasteiger partial charge in [-0.15, -0.1) is 5.10 Å². The fourth-order valence-electron chi connectivity index (χ4n) is 4.75. The molecule has 0 spiro atoms. The van der Waals surface area contributed by atoms with Gasteiger partial charge in [0.1, 0.15) is 12.3 Å². The number of aromatic hydroxyl groups is 1. The van der Waals surface area contributed by atoms with E-state index >= 15 is 0 Å². The third-order valence-corrected chi connectivity index (χ3v) is 8.18. The Kier molecular flexibility index (Phi) is 10.6. The summed E-state index contributed by atoms with van der Waals surface area (Å²) in [6.07, 6.45) is -1.30. The van der Waals surface area contributed by atoms with Crippen LogP contribution in [0.5, 0.6) is 5.75 Å². The predicted octanol–water partition coefficient (Wildman–Crippen LogP) is 4.13. The maximum Gasteiger partial charge on any atom is 0.325 e. The van der Waals surface area contributed by atoms with Gasteiger partial charge in [0.2, 0.25) is 5.16 Å². The molecule has 1 aliphatic rings. The summed E-state index contributed by atoms with van der Waals surface area (Å²) in [5.74, 6) is 0.0886. The van der Waals surface area contributed by atoms with Crippen molar-refractivity contribution < 1.29 is 34.0 Å². The predicted molar refractivity (Wildman–Crippen MR) is 165 cm³/mol. The number of phenolic OH excluding ortho intramolecular Hbond substituents is 1. The van der Waals surface area contributed by atoms with Crippen molar-refractivity contribution in [1.29, 1.82) is 0 Å². The highest BCUT2D eigenvalue weighted by Crippen LogP contribution is 2.43. The van der Waals surface area contributed by atoms with Crippen molar-refractivity contribution in [3.05, 3.63) is 89.5 Å². The number of tetrazole rings is 1. The summed E-state index contributed by atoms with van der Waals surface area (Å²) in [6, 6.07) is 20.8. The first kappa shape index (κ1) is 31.9. The Labute approximate surface area is 263 Å². The lowest BCUT2D eigenvalue weighted by molar-refractivity contribution is -0.268. The highest BCUT2D eigenvalue weighted by Gasteiger charge is 2.38. The summed E-state index contributed by atoms with van der Waals surface area (Å²) in [5.41, 5.74) is 3.74. The quantitative estimate of drug-likeness (QED) is 0.138. The number of benzene rings is 3. The molecule has 236 valence electrons. The second kappa shape index (κ2) is 15.0. The summed E-state index contributed by atoms with van der Waals surface area (Å²) in [4.78, 5) is 23.7. The molecule has 3 aromatic carbocycles. The van der Waals surface area contributed by atoms with Crippen LogP contribution in [0, 0.1) is 5.92 Å². The number of thioether (sulfide) groups is 1. The number of ether oxygens (including phenoxy) is 3. The van der Waals surface area contributed by atoms with E-state index in [4.69, 9.17) is 14.2 Å². The van der Waals surface area contributed by atoms with Crippen molar-refractivity contribution in [2.75, 3.05) is 24.2 Å². The van der Waals surface area contributed by atoms with Gasteiger partial charge in [-0.25, -0.2) is 4.79 Å². The molecule has 0 aliphatic carbocycles. The lowest BCUT2D eigenvalue weighted by Crippen LogP contribution is -2.38. The number of esters is 1. The first-order chi connectivity index (χ1) is 21.8. The Morgan fingerprint density at radius 1 is 1.00 bits per heavy atom. The van der Waals surface area contributed by atoms with Crippen LogP contribution < -0.4 is 10.6 Å². The van der Waals surface area contributed by atoms with E-state index in [1.165, 1.54) is 11.8 Å². The Hall–Kier alpha value is -4.50. The molecule has 4 N–H and O–H groups in total. The zero-order valence-electron chi connectivity index (χ0n) is 24.7. The molecular formula is C31H34N6O7S. The van der Waals surface area contributed by atoms with Crippen LogP contribution in [0.4, 0.5) is 10.5 Å². The van der Waals surface area contributed by atoms with E-state index in [0.717, 1.165) is 16.7 Å². The SMILES string of the molecule is CCOC(=O)CNC(=O)Nc1ccc(C2OC(CSc3nnnn3-c3ccc(O)cc3)C(C)C(c3ccc(CO)cc3)O2)cc1. The van der Waals surface area contributed by atoms with Crippen LogP contribution in [-0.2, 0) is 25.6 Å². The molecule has 4 unspecified atom stereocenters. The maximum absolute atomic E-state index is 12.2. The van der Waals surface area contributed by atoms with Gasteiger partial charge in [-0.1, -0.05) is 55.1 Å². The number of aromatic nitrogens is 4. The van der Waals surface area contributed by atoms with Crippen LogP contribution in [0.3, 0.4) is 0 Å². The topological polar surface area (TPSA) is 170 Å². The van der Waals surface area contributed by atoms with Crippen molar-refractivity contribution in [2.24, 2.45) is 5.92 Å². The Balaban J connectivity index is 1.31. The van der Waals surface area contributed by atoms with Gasteiger partial charge in [-0.2, -0.15) is 4.68 Å². The summed E-state index contributed by atoms with van der Waals surface area (Å²) >= 11 is 1.45. The zero-order valence-corrected chi connectivity index (χ0v) is 25.5. The van der Waals surface area contributed by atoms with Crippen molar-refractivity contribution in [1.82, 2.24) is 25.5 Å². The number of amides is 2. The molecule has 0 bridgehead atoms. The number of aliphatic hydroxyl groups is 1. The minimum Gasteiger partial charge on any atom is -0.508 e. The largest absolute Gasteiger partial charge is 0.508 e. The van der Waals surface area contributed by atoms with Gasteiger partial charge >= 0.3 is 12.0 Å². The highest BCUT2D eigenvalue weighted by molar-refractivity contribution is 7.99. The number of carbonyl (C=O) groups is 2. The average molecular weight is 635 g/mol. The molecule has 1 fully saturated rings. The summed E-state index contributed by atoms with van der Waals surface area (Å²) in [6.45, 7) is 3.71. The molecule has 0 saturated carbocycles. The third kappa shape index (κ3) is 8.16. The first-order valence-corrected chi connectivity index (χ1v) is 15.3. The fraction of sp³-hybridized carbons (Fsp3) is 0.323. The summed E-state index contributed by atoms with van der Waals surface area (Å²) < 4.78 is 19.4. The van der Waals surface area contributed by atoms with Gasteiger partial charge in [0.25, 0.3) is 0 Å². The van der Waals surface area contributed by atoms with Crippen LogP contribution >= 0.6 is 11.8 Å². The molecule has 2 amide bonds. The number of nitrogens with zero attached hydrogens (tertiary/aromatic N) is 4. The van der Waals surface area contributed by atoms with Gasteiger partial charge in [0, 0.05) is 22.9 Å². The number of aliphatic hydroxyl groups excluding tert-OH is 1. The number of nitrogens with one attached hydrogen (secondary N) is 2. The second-order valence-electron chi connectivity index (χ2n) is 10.3. The molecule has 45 heavy (non-hydrogen) atoms. The zero-order chi connectivity index (χ0) is 31.8. The number of rotatable bonds is 11. The number of carbonyl (C=O) groups excluding carboxylic acids is 2. The van der Waals surface area contributed by atoms with Crippen LogP contribution in [-0.4, -0.2) is 67.4 Å². The lowest BCUT2D eigenvalue weighted by atomic mass is 9.91. The Morgan fingerprint density at radius 2 is 1.71 bits per heavy atom. The number of phenols is 1. The van der Waals surface area contributed by atoms with Crippen molar-refractivity contribution in [2.45, 2.75) is 44.1 Å². The number of anilines is 1. The van der Waals surface area contributed by atoms with E-state index < -0.39 is 18.3 Å². The smallest absolute Gasteiger partial charge is 0.325 e. The maximum atomic E-state index is 12.2. The molecule has 1 saturated heterocycles. The van der Waals surface area contributed by atoms with Crippen LogP contribution in [0.2, 0.25) is 0 Å². The van der Waals surface area contributed by atoms with E-state index in [0.29, 0.717) is 22.3 Å². The van der Waals surface area contributed by atoms with Gasteiger partial charge < -0.3 is 35.1 Å². The van der Waals surface area contributed by atoms with E-state index in [1.807, 2.05) is 36.4 Å². The third-order valence-electron chi connectivity index (χ3n) is 7.17. The fourth-order valence-corrected chi connectivity index (χ4v) is 5.81. The normalized spacial score (nSPS) is 19.5. The van der Waals surface area contributed by atoms with Crippen molar-refractivity contribution >= 4 is 29.4 Å². The van der Waals surface area contributed by atoms with Crippen LogP contribution in [0.25, 0.3) is 5.69 Å². The van der Waals surface area contributed by atoms with E-state index in [2.05, 4.69) is 33.1 Å². The van der Waals surface area contributed by atoms with Crippen molar-refractivity contribution in [3.8, 4) is 11.4 Å². The first-order valence-electron chi connectivity index (χ1n) is 14.4. The standard InChI is InChI=1S/C31H34N6O7S/c1-3-42-27(40)16-32-30(41)33-23-10-8-22(9-11-23)29-43-26(19(2)28(44-29)21-6-4-20(17-38)5-7-21)18-45-31-34-35-36-37(31)24-12-14-25(39)15-13-24/h4-15,19,26,28-29,38-39H,3,16-18H2,1-2H3,(H2,32,33,41). The average Bonchev–Trinajstić information content (AvgIpc) is 3.53. The van der Waals surface area contributed by atoms with E-state index in [-0.39, 0.29) is 43.6 Å². The highest BCUT2D eigenvalue weighted by atomic mass is 32.2. The van der Waals surface area contributed by atoms with Gasteiger partial charge in [-0.05, 0) is 64.9 Å². The Morgan fingerprint density at radius 3 is 2.40 bits per heavy atom. The number of hydrogen-bond acceptors (Lipinski definition) is 11. The molecule has 14 heteroatoms. The van der Waals surface area contributed by atoms with Gasteiger partial charge in [0.05, 0.1) is 31.1 Å². The molecule has 4 aromatic rings. The minimum atomic E-state index is -0.714. The summed E-state index contributed by atoms with van der Waals surface area (Å²) in [7, 11) is 0. The van der Waals surface area contributed by atoms with Crippen LogP contribution in [0.1, 0.15) is 42.9 Å². The van der Waals surface area contributed by atoms with Crippen LogP contribution in [0.15, 0.2) is 78.0 Å². The molecule has 0 radical (unpaired) electrons. The molecule has 1 aromatic heterocycles. The summed E-state index contributed by atoms with van der Waals surface area (Å²) in [5, 5.41) is 37.0. The van der Waals surface area contributed by atoms with E-state index in [9.17, 15) is 19.8 Å². The molecule has 4 atom stereocenters. The monoisotopic (exact) mass is 634 g/mol. The van der Waals surface area contributed by atoms with Crippen molar-refractivity contribution in [3.63, 3.8) is 0 Å². The Bertz CT molecular complexity index is 1570. The molecular weight excluding hydrogens is 600 g/mol. The minimum absolute atomic E-state index is 0.0522. The molecule has 13 nitrogen and oxygen atoms in total. The second-order valence-corrected chi connectivity index (χ2v) is 11.2. The molecule has 5 rings (SSSR count). The molecule has 2 heterocycles. The number of hydrogen-bond donors (Lipinski definition) is 4.